The van der Waals surface area contributed by atoms with E-state index in [1.807, 2.05) is 67.6 Å². The van der Waals surface area contributed by atoms with Gasteiger partial charge < -0.3 is 4.74 Å². The van der Waals surface area contributed by atoms with Crippen molar-refractivity contribution in [2.24, 2.45) is 5.10 Å². The maximum absolute atomic E-state index is 8.33. The third-order valence-corrected chi connectivity index (χ3v) is 4.07. The van der Waals surface area contributed by atoms with Gasteiger partial charge in [-0.1, -0.05) is 60.7 Å². The lowest BCUT2D eigenvalue weighted by Crippen LogP contribution is -2.20. The van der Waals surface area contributed by atoms with Crippen LogP contribution in [0.4, 0.5) is 0 Å². The van der Waals surface area contributed by atoms with Crippen LogP contribution >= 0.6 is 0 Å². The van der Waals surface area contributed by atoms with Gasteiger partial charge >= 0.3 is 0 Å². The van der Waals surface area contributed by atoms with Crippen molar-refractivity contribution >= 4 is 23.4 Å². The van der Waals surface area contributed by atoms with Gasteiger partial charge in [0.2, 0.25) is 5.90 Å². The summed E-state index contributed by atoms with van der Waals surface area (Å²) in [5, 5.41) is 20.6. The van der Waals surface area contributed by atoms with Gasteiger partial charge in [0.15, 0.2) is 6.23 Å². The molecule has 132 valence electrons. The Labute approximate surface area is 153 Å². The molecule has 1 aliphatic rings. The minimum absolute atomic E-state index is 0.0505. The molecule has 0 radical (unpaired) electrons. The summed E-state index contributed by atoms with van der Waals surface area (Å²) in [6.07, 6.45) is 5.77. The normalized spacial score (nSPS) is 16.0. The van der Waals surface area contributed by atoms with Crippen LogP contribution in [0.1, 0.15) is 36.5 Å². The zero-order valence-corrected chi connectivity index (χ0v) is 14.7. The fourth-order valence-electron chi connectivity index (χ4n) is 2.70. The molecule has 1 unspecified atom stereocenters. The number of nitrogens with zero attached hydrogens (tertiary/aromatic N) is 1. The second kappa shape index (κ2) is 8.25. The predicted molar refractivity (Wildman–Crippen MR) is 106 cm³/mol. The van der Waals surface area contributed by atoms with E-state index in [9.17, 15) is 0 Å². The molecule has 3 N–H and O–H groups in total. The van der Waals surface area contributed by atoms with Crippen LogP contribution in [0.25, 0.3) is 6.08 Å². The van der Waals surface area contributed by atoms with Crippen LogP contribution in [0.3, 0.4) is 0 Å². The molecule has 1 heterocycles. The Morgan fingerprint density at radius 3 is 2.54 bits per heavy atom. The Bertz CT molecular complexity index is 855. The zero-order chi connectivity index (χ0) is 18.4. The highest BCUT2D eigenvalue weighted by Gasteiger charge is 2.14. The van der Waals surface area contributed by atoms with Gasteiger partial charge in [0.1, 0.15) is 0 Å². The van der Waals surface area contributed by atoms with Crippen molar-refractivity contribution in [2.45, 2.75) is 26.0 Å². The first kappa shape index (κ1) is 17.6. The average Bonchev–Trinajstić information content (AvgIpc) is 3.10. The first-order valence-electron chi connectivity index (χ1n) is 8.60. The molecule has 0 fully saturated rings. The van der Waals surface area contributed by atoms with E-state index < -0.39 is 0 Å². The Balaban J connectivity index is 1.60. The fourth-order valence-corrected chi connectivity index (χ4v) is 2.70. The van der Waals surface area contributed by atoms with Gasteiger partial charge in [0.05, 0.1) is 11.4 Å². The molecule has 0 saturated heterocycles. The van der Waals surface area contributed by atoms with Crippen molar-refractivity contribution in [3.8, 4) is 0 Å². The third kappa shape index (κ3) is 4.45. The van der Waals surface area contributed by atoms with Crippen LogP contribution in [-0.2, 0) is 4.74 Å². The molecular weight excluding hydrogens is 324 g/mol. The third-order valence-electron chi connectivity index (χ3n) is 4.07. The summed E-state index contributed by atoms with van der Waals surface area (Å²) < 4.78 is 5.49. The van der Waals surface area contributed by atoms with Crippen LogP contribution in [0.2, 0.25) is 0 Å². The van der Waals surface area contributed by atoms with E-state index in [0.29, 0.717) is 5.90 Å². The molecule has 1 aliphatic heterocycles. The molecule has 0 spiro atoms. The number of benzene rings is 2. The monoisotopic (exact) mass is 346 g/mol. The SMILES string of the molecule is CC1=NNC(CC/C=C/c2cccc(C(=N)C(=N)c3ccccc3)c2)O1. The van der Waals surface area contributed by atoms with E-state index in [4.69, 9.17) is 15.6 Å². The second-order valence-electron chi connectivity index (χ2n) is 6.09. The number of nitrogens with one attached hydrogen (secondary N) is 3. The summed E-state index contributed by atoms with van der Waals surface area (Å²) >= 11 is 0. The molecule has 5 nitrogen and oxygen atoms in total. The number of allylic oxidation sites excluding steroid dienone is 1. The molecular formula is C21H22N4O. The highest BCUT2D eigenvalue weighted by Crippen LogP contribution is 2.13. The minimum Gasteiger partial charge on any atom is -0.455 e. The molecule has 1 atom stereocenters. The number of hydrazone groups is 1. The number of rotatable bonds is 7. The predicted octanol–water partition coefficient (Wildman–Crippen LogP) is 4.20. The van der Waals surface area contributed by atoms with Crippen LogP contribution in [0.15, 0.2) is 65.8 Å². The molecule has 0 amide bonds. The van der Waals surface area contributed by atoms with Gasteiger partial charge in [-0.05, 0) is 18.1 Å². The number of ether oxygens (including phenoxy) is 1. The van der Waals surface area contributed by atoms with Gasteiger partial charge in [0, 0.05) is 24.5 Å². The lowest BCUT2D eigenvalue weighted by molar-refractivity contribution is 0.176. The van der Waals surface area contributed by atoms with Crippen molar-refractivity contribution in [1.29, 1.82) is 10.8 Å². The van der Waals surface area contributed by atoms with Crippen LogP contribution in [0.5, 0.6) is 0 Å². The number of hydrogen-bond acceptors (Lipinski definition) is 5. The fraction of sp³-hybridized carbons (Fsp3) is 0.190. The maximum Gasteiger partial charge on any atom is 0.204 e. The first-order valence-corrected chi connectivity index (χ1v) is 8.60. The standard InChI is InChI=1S/C21H22N4O/c1-15-24-25-19(26-15)13-6-5-8-16-9-7-12-18(14-16)21(23)20(22)17-10-3-2-4-11-17/h2-5,7-12,14,19,22-23,25H,6,13H2,1H3/b8-5+,22-20?,23-21?. The van der Waals surface area contributed by atoms with E-state index in [-0.39, 0.29) is 17.7 Å². The molecule has 26 heavy (non-hydrogen) atoms. The Hall–Kier alpha value is -3.21. The molecule has 3 rings (SSSR count). The van der Waals surface area contributed by atoms with E-state index in [1.54, 1.807) is 0 Å². The molecule has 0 aromatic heterocycles. The quantitative estimate of drug-likeness (QED) is 0.657. The van der Waals surface area contributed by atoms with E-state index >= 15 is 0 Å². The average molecular weight is 346 g/mol. The van der Waals surface area contributed by atoms with Gasteiger partial charge in [-0.15, -0.1) is 5.10 Å². The molecule has 5 heteroatoms. The lowest BCUT2D eigenvalue weighted by Gasteiger charge is -2.08. The van der Waals surface area contributed by atoms with Gasteiger partial charge in [-0.25, -0.2) is 0 Å². The molecule has 2 aromatic rings. The van der Waals surface area contributed by atoms with E-state index in [2.05, 4.69) is 16.6 Å². The van der Waals surface area contributed by atoms with Gasteiger partial charge in [-0.3, -0.25) is 16.2 Å². The first-order chi connectivity index (χ1) is 12.6. The number of hydrogen-bond donors (Lipinski definition) is 3. The lowest BCUT2D eigenvalue weighted by atomic mass is 9.98. The topological polar surface area (TPSA) is 81.3 Å². The molecule has 0 saturated carbocycles. The highest BCUT2D eigenvalue weighted by atomic mass is 16.5. The van der Waals surface area contributed by atoms with Crippen molar-refractivity contribution < 1.29 is 4.74 Å². The maximum atomic E-state index is 8.33. The zero-order valence-electron chi connectivity index (χ0n) is 14.7. The second-order valence-corrected chi connectivity index (χ2v) is 6.09. The van der Waals surface area contributed by atoms with Crippen LogP contribution < -0.4 is 5.43 Å². The minimum atomic E-state index is -0.0505. The van der Waals surface area contributed by atoms with Crippen LogP contribution in [-0.4, -0.2) is 23.5 Å². The molecule has 2 aromatic carbocycles. The van der Waals surface area contributed by atoms with Crippen molar-refractivity contribution in [2.75, 3.05) is 0 Å². The Kier molecular flexibility index (Phi) is 5.59. The summed E-state index contributed by atoms with van der Waals surface area (Å²) in [6.45, 7) is 1.83. The Morgan fingerprint density at radius 1 is 1.08 bits per heavy atom. The summed E-state index contributed by atoms with van der Waals surface area (Å²) in [5.41, 5.74) is 5.90. The van der Waals surface area contributed by atoms with Crippen molar-refractivity contribution in [3.05, 3.63) is 77.4 Å². The largest absolute Gasteiger partial charge is 0.455 e. The summed E-state index contributed by atoms with van der Waals surface area (Å²) in [7, 11) is 0. The van der Waals surface area contributed by atoms with E-state index in [1.165, 1.54) is 0 Å². The molecule has 0 bridgehead atoms. The van der Waals surface area contributed by atoms with Crippen molar-refractivity contribution in [1.82, 2.24) is 5.43 Å². The summed E-state index contributed by atoms with van der Waals surface area (Å²) in [5.74, 6) is 0.672. The van der Waals surface area contributed by atoms with E-state index in [0.717, 1.165) is 29.5 Å². The summed E-state index contributed by atoms with van der Waals surface area (Å²) in [6, 6.07) is 17.1. The van der Waals surface area contributed by atoms with Crippen molar-refractivity contribution in [3.63, 3.8) is 0 Å². The van der Waals surface area contributed by atoms with Gasteiger partial charge in [-0.2, -0.15) is 0 Å². The Morgan fingerprint density at radius 2 is 1.81 bits per heavy atom. The highest BCUT2D eigenvalue weighted by molar-refractivity contribution is 6.51. The van der Waals surface area contributed by atoms with Crippen LogP contribution in [0, 0.1) is 10.8 Å². The summed E-state index contributed by atoms with van der Waals surface area (Å²) in [4.78, 5) is 0. The van der Waals surface area contributed by atoms with Gasteiger partial charge in [0.25, 0.3) is 0 Å². The molecule has 0 aliphatic carbocycles. The smallest absolute Gasteiger partial charge is 0.204 e.